The molecule has 0 bridgehead atoms. The van der Waals surface area contributed by atoms with Gasteiger partial charge in [-0.25, -0.2) is 9.37 Å². The van der Waals surface area contributed by atoms with Gasteiger partial charge in [-0.05, 0) is 18.2 Å². The highest BCUT2D eigenvalue weighted by Gasteiger charge is 2.06. The maximum atomic E-state index is 13.2. The van der Waals surface area contributed by atoms with Gasteiger partial charge in [0.2, 0.25) is 0 Å². The minimum absolute atomic E-state index is 0.160. The fraction of sp³-hybridized carbons (Fsp3) is 0.0909. The summed E-state index contributed by atoms with van der Waals surface area (Å²) in [5.41, 5.74) is 6.07. The molecule has 88 valence electrons. The van der Waals surface area contributed by atoms with Crippen molar-refractivity contribution in [1.29, 1.82) is 0 Å². The zero-order valence-electron chi connectivity index (χ0n) is 8.71. The summed E-state index contributed by atoms with van der Waals surface area (Å²) in [5.74, 6) is -0.103. The molecule has 17 heavy (non-hydrogen) atoms. The molecule has 0 atom stereocenters. The van der Waals surface area contributed by atoms with Crippen LogP contribution in [0.2, 0.25) is 0 Å². The van der Waals surface area contributed by atoms with Gasteiger partial charge in [0.15, 0.2) is 0 Å². The van der Waals surface area contributed by atoms with E-state index in [0.717, 1.165) is 0 Å². The Hall–Kier alpha value is -1.53. The van der Waals surface area contributed by atoms with Crippen LogP contribution < -0.4 is 11.3 Å². The zero-order chi connectivity index (χ0) is 12.4. The standard InChI is InChI=1S/C11H9BrFN3O/c12-7-1-6(2-8(13)3-7)11-15-9(5-14)4-10(17)16-11/h1-4H,5,14H2,(H,15,16,17). The number of halogens is 2. The Kier molecular flexibility index (Phi) is 3.35. The highest BCUT2D eigenvalue weighted by atomic mass is 79.9. The van der Waals surface area contributed by atoms with E-state index in [1.165, 1.54) is 18.2 Å². The van der Waals surface area contributed by atoms with Gasteiger partial charge < -0.3 is 10.7 Å². The van der Waals surface area contributed by atoms with Gasteiger partial charge in [-0.15, -0.1) is 0 Å². The van der Waals surface area contributed by atoms with E-state index in [1.54, 1.807) is 6.07 Å². The lowest BCUT2D eigenvalue weighted by Gasteiger charge is -2.04. The quantitative estimate of drug-likeness (QED) is 0.888. The number of nitrogens with one attached hydrogen (secondary N) is 1. The molecule has 3 N–H and O–H groups in total. The van der Waals surface area contributed by atoms with E-state index in [9.17, 15) is 9.18 Å². The van der Waals surface area contributed by atoms with Gasteiger partial charge in [0.1, 0.15) is 11.6 Å². The van der Waals surface area contributed by atoms with Crippen molar-refractivity contribution in [3.63, 3.8) is 0 Å². The van der Waals surface area contributed by atoms with Crippen LogP contribution in [0.25, 0.3) is 11.4 Å². The van der Waals surface area contributed by atoms with Gasteiger partial charge >= 0.3 is 0 Å². The third-order valence-corrected chi connectivity index (χ3v) is 2.60. The Balaban J connectivity index is 2.59. The van der Waals surface area contributed by atoms with Crippen LogP contribution in [0.5, 0.6) is 0 Å². The molecular weight excluding hydrogens is 289 g/mol. The predicted molar refractivity (Wildman–Crippen MR) is 65.8 cm³/mol. The second kappa shape index (κ2) is 4.77. The highest BCUT2D eigenvalue weighted by molar-refractivity contribution is 9.10. The van der Waals surface area contributed by atoms with Crippen LogP contribution in [-0.4, -0.2) is 9.97 Å². The van der Waals surface area contributed by atoms with Crippen molar-refractivity contribution in [3.8, 4) is 11.4 Å². The maximum absolute atomic E-state index is 13.2. The number of rotatable bonds is 2. The molecule has 0 amide bonds. The molecule has 1 aromatic carbocycles. The summed E-state index contributed by atoms with van der Waals surface area (Å²) < 4.78 is 13.8. The summed E-state index contributed by atoms with van der Waals surface area (Å²) in [6.45, 7) is 0.160. The first-order valence-corrected chi connectivity index (χ1v) is 5.64. The van der Waals surface area contributed by atoms with Crippen LogP contribution in [0.15, 0.2) is 33.5 Å². The van der Waals surface area contributed by atoms with E-state index in [4.69, 9.17) is 5.73 Å². The normalized spacial score (nSPS) is 10.5. The van der Waals surface area contributed by atoms with Crippen molar-refractivity contribution in [2.45, 2.75) is 6.54 Å². The monoisotopic (exact) mass is 297 g/mol. The summed E-state index contributed by atoms with van der Waals surface area (Å²) in [5, 5.41) is 0. The molecular formula is C11H9BrFN3O. The van der Waals surface area contributed by atoms with Crippen LogP contribution in [-0.2, 0) is 6.54 Å². The molecule has 0 aliphatic carbocycles. The average Bonchev–Trinajstić information content (AvgIpc) is 2.26. The lowest BCUT2D eigenvalue weighted by atomic mass is 10.2. The fourth-order valence-corrected chi connectivity index (χ4v) is 1.91. The highest BCUT2D eigenvalue weighted by Crippen LogP contribution is 2.21. The largest absolute Gasteiger partial charge is 0.325 e. The van der Waals surface area contributed by atoms with Crippen LogP contribution >= 0.6 is 15.9 Å². The van der Waals surface area contributed by atoms with Crippen molar-refractivity contribution in [2.24, 2.45) is 5.73 Å². The molecule has 2 rings (SSSR count). The molecule has 0 unspecified atom stereocenters. The molecule has 4 nitrogen and oxygen atoms in total. The number of aromatic nitrogens is 2. The van der Waals surface area contributed by atoms with Crippen LogP contribution in [0.4, 0.5) is 4.39 Å². The third-order valence-electron chi connectivity index (χ3n) is 2.14. The minimum atomic E-state index is -0.407. The van der Waals surface area contributed by atoms with Crippen molar-refractivity contribution in [1.82, 2.24) is 9.97 Å². The average molecular weight is 298 g/mol. The van der Waals surface area contributed by atoms with Crippen LogP contribution in [0.1, 0.15) is 5.69 Å². The van der Waals surface area contributed by atoms with E-state index in [0.29, 0.717) is 21.6 Å². The van der Waals surface area contributed by atoms with Crippen molar-refractivity contribution < 1.29 is 4.39 Å². The number of aromatic amines is 1. The van der Waals surface area contributed by atoms with Crippen molar-refractivity contribution in [3.05, 3.63) is 50.6 Å². The van der Waals surface area contributed by atoms with Gasteiger partial charge in [-0.3, -0.25) is 4.79 Å². The lowest BCUT2D eigenvalue weighted by molar-refractivity contribution is 0.627. The summed E-state index contributed by atoms with van der Waals surface area (Å²) in [4.78, 5) is 18.0. The van der Waals surface area contributed by atoms with Gasteiger partial charge in [0.05, 0.1) is 5.69 Å². The molecule has 6 heteroatoms. The molecule has 0 fully saturated rings. The van der Waals surface area contributed by atoms with E-state index >= 15 is 0 Å². The van der Waals surface area contributed by atoms with Crippen molar-refractivity contribution in [2.75, 3.05) is 0 Å². The zero-order valence-corrected chi connectivity index (χ0v) is 10.3. The second-order valence-corrected chi connectivity index (χ2v) is 4.36. The predicted octanol–water partition coefficient (Wildman–Crippen LogP) is 1.80. The molecule has 1 aromatic heterocycles. The number of benzene rings is 1. The Bertz CT molecular complexity index is 592. The molecule has 1 heterocycles. The van der Waals surface area contributed by atoms with Gasteiger partial charge in [-0.1, -0.05) is 15.9 Å². The summed E-state index contributed by atoms with van der Waals surface area (Å²) in [6.07, 6.45) is 0. The molecule has 0 saturated carbocycles. The Morgan fingerprint density at radius 2 is 2.12 bits per heavy atom. The Labute approximate surface area is 105 Å². The van der Waals surface area contributed by atoms with Crippen LogP contribution in [0.3, 0.4) is 0 Å². The SMILES string of the molecule is NCc1cc(=O)[nH]c(-c2cc(F)cc(Br)c2)n1. The van der Waals surface area contributed by atoms with E-state index in [-0.39, 0.29) is 12.1 Å². The molecule has 0 aliphatic rings. The number of H-pyrrole nitrogens is 1. The Morgan fingerprint density at radius 3 is 2.76 bits per heavy atom. The van der Waals surface area contributed by atoms with Gasteiger partial charge in [0, 0.05) is 22.6 Å². The van der Waals surface area contributed by atoms with E-state index in [1.807, 2.05) is 0 Å². The molecule has 0 radical (unpaired) electrons. The fourth-order valence-electron chi connectivity index (χ4n) is 1.44. The Morgan fingerprint density at radius 1 is 1.35 bits per heavy atom. The number of nitrogens with zero attached hydrogens (tertiary/aromatic N) is 1. The van der Waals surface area contributed by atoms with E-state index < -0.39 is 5.82 Å². The summed E-state index contributed by atoms with van der Waals surface area (Å²) >= 11 is 3.18. The molecule has 0 aliphatic heterocycles. The molecule has 0 saturated heterocycles. The number of hydrogen-bond acceptors (Lipinski definition) is 3. The van der Waals surface area contributed by atoms with E-state index in [2.05, 4.69) is 25.9 Å². The number of hydrogen-bond donors (Lipinski definition) is 2. The maximum Gasteiger partial charge on any atom is 0.251 e. The van der Waals surface area contributed by atoms with Crippen molar-refractivity contribution >= 4 is 15.9 Å². The third kappa shape index (κ3) is 2.78. The molecule has 2 aromatic rings. The number of nitrogens with two attached hydrogens (primary N) is 1. The first-order chi connectivity index (χ1) is 8.08. The lowest BCUT2D eigenvalue weighted by Crippen LogP contribution is -2.12. The second-order valence-electron chi connectivity index (χ2n) is 3.45. The molecule has 0 spiro atoms. The summed E-state index contributed by atoms with van der Waals surface area (Å²) in [7, 11) is 0. The van der Waals surface area contributed by atoms with Gasteiger partial charge in [-0.2, -0.15) is 0 Å². The first kappa shape index (κ1) is 11.9. The minimum Gasteiger partial charge on any atom is -0.325 e. The smallest absolute Gasteiger partial charge is 0.251 e. The van der Waals surface area contributed by atoms with Crippen LogP contribution in [0, 0.1) is 5.82 Å². The topological polar surface area (TPSA) is 71.8 Å². The summed E-state index contributed by atoms with van der Waals surface area (Å²) in [6, 6.07) is 5.61. The van der Waals surface area contributed by atoms with Gasteiger partial charge in [0.25, 0.3) is 5.56 Å². The first-order valence-electron chi connectivity index (χ1n) is 4.85.